The second kappa shape index (κ2) is 4.58. The Morgan fingerprint density at radius 2 is 1.89 bits per heavy atom. The lowest BCUT2D eigenvalue weighted by Crippen LogP contribution is -2.08. The topological polar surface area (TPSA) is 34.2 Å². The normalized spacial score (nSPS) is 18.3. The highest BCUT2D eigenvalue weighted by Crippen LogP contribution is 2.29. The minimum absolute atomic E-state index is 0.267. The van der Waals surface area contributed by atoms with Crippen LogP contribution in [0.15, 0.2) is 54.9 Å². The molecular weight excluding hydrogens is 231 g/mol. The molecule has 1 aliphatic heterocycles. The number of hydrogen-bond acceptors (Lipinski definition) is 3. The van der Waals surface area contributed by atoms with Crippen LogP contribution in [0.3, 0.4) is 0 Å². The van der Waals surface area contributed by atoms with Crippen molar-refractivity contribution in [2.75, 3.05) is 0 Å². The third-order valence-corrected chi connectivity index (χ3v) is 2.82. The molecule has 1 aliphatic rings. The predicted molar refractivity (Wildman–Crippen MR) is 65.6 cm³/mol. The summed E-state index contributed by atoms with van der Waals surface area (Å²) in [5, 5.41) is 0. The molecule has 3 rings (SSSR count). The standard InChI is InChI=1S/C14H11FN2O/c15-12-4-2-1-3-11(12)14-9-13(17-18-14)10-5-7-16-8-6-10/h1-9,14,17H. The number of hydrogen-bond donors (Lipinski definition) is 1. The Morgan fingerprint density at radius 1 is 1.11 bits per heavy atom. The highest BCUT2D eigenvalue weighted by atomic mass is 19.1. The van der Waals surface area contributed by atoms with E-state index in [0.29, 0.717) is 5.56 Å². The number of rotatable bonds is 2. The average molecular weight is 242 g/mol. The molecule has 3 nitrogen and oxygen atoms in total. The van der Waals surface area contributed by atoms with Crippen LogP contribution in [0.2, 0.25) is 0 Å². The number of aromatic nitrogens is 1. The lowest BCUT2D eigenvalue weighted by atomic mass is 10.1. The van der Waals surface area contributed by atoms with Gasteiger partial charge in [-0.3, -0.25) is 15.3 Å². The van der Waals surface area contributed by atoms with E-state index in [2.05, 4.69) is 10.5 Å². The van der Waals surface area contributed by atoms with Crippen molar-refractivity contribution >= 4 is 5.70 Å². The molecule has 0 fully saturated rings. The van der Waals surface area contributed by atoms with E-state index in [4.69, 9.17) is 4.84 Å². The molecular formula is C14H11FN2O. The van der Waals surface area contributed by atoms with Crippen LogP contribution in [-0.4, -0.2) is 4.98 Å². The van der Waals surface area contributed by atoms with Gasteiger partial charge in [0.25, 0.3) is 0 Å². The van der Waals surface area contributed by atoms with E-state index in [0.717, 1.165) is 11.3 Å². The van der Waals surface area contributed by atoms with Crippen molar-refractivity contribution < 1.29 is 9.23 Å². The van der Waals surface area contributed by atoms with Gasteiger partial charge in [0.05, 0.1) is 5.70 Å². The Morgan fingerprint density at radius 3 is 2.67 bits per heavy atom. The fraction of sp³-hybridized carbons (Fsp3) is 0.0714. The fourth-order valence-electron chi connectivity index (χ4n) is 1.89. The summed E-state index contributed by atoms with van der Waals surface area (Å²) in [6.07, 6.45) is 4.85. The van der Waals surface area contributed by atoms with E-state index < -0.39 is 6.10 Å². The Labute approximate surface area is 104 Å². The molecule has 1 atom stereocenters. The van der Waals surface area contributed by atoms with Crippen LogP contribution in [0.25, 0.3) is 5.70 Å². The summed E-state index contributed by atoms with van der Waals surface area (Å²) in [5.74, 6) is -0.267. The summed E-state index contributed by atoms with van der Waals surface area (Å²) >= 11 is 0. The third-order valence-electron chi connectivity index (χ3n) is 2.82. The summed E-state index contributed by atoms with van der Waals surface area (Å²) in [5.41, 5.74) is 5.12. The quantitative estimate of drug-likeness (QED) is 0.879. The zero-order valence-electron chi connectivity index (χ0n) is 9.51. The number of halogens is 1. The van der Waals surface area contributed by atoms with Gasteiger partial charge in [-0.2, -0.15) is 0 Å². The second-order valence-corrected chi connectivity index (χ2v) is 3.98. The van der Waals surface area contributed by atoms with Crippen molar-refractivity contribution in [3.05, 3.63) is 71.8 Å². The third kappa shape index (κ3) is 1.98. The van der Waals surface area contributed by atoms with Crippen molar-refractivity contribution in [2.24, 2.45) is 0 Å². The molecule has 0 aliphatic carbocycles. The Bertz CT molecular complexity index is 583. The van der Waals surface area contributed by atoms with Crippen molar-refractivity contribution in [2.45, 2.75) is 6.10 Å². The number of benzene rings is 1. The average Bonchev–Trinajstić information content (AvgIpc) is 2.90. The van der Waals surface area contributed by atoms with Crippen LogP contribution in [-0.2, 0) is 4.84 Å². The monoisotopic (exact) mass is 242 g/mol. The van der Waals surface area contributed by atoms with Crippen molar-refractivity contribution in [1.29, 1.82) is 0 Å². The van der Waals surface area contributed by atoms with Gasteiger partial charge < -0.3 is 0 Å². The molecule has 2 aromatic rings. The zero-order valence-corrected chi connectivity index (χ0v) is 9.51. The zero-order chi connectivity index (χ0) is 12.4. The van der Waals surface area contributed by atoms with Gasteiger partial charge in [-0.15, -0.1) is 0 Å². The maximum Gasteiger partial charge on any atom is 0.134 e. The SMILES string of the molecule is Fc1ccccc1C1C=C(c2ccncc2)NO1. The number of pyridine rings is 1. The van der Waals surface area contributed by atoms with Gasteiger partial charge in [0.1, 0.15) is 11.9 Å². The van der Waals surface area contributed by atoms with E-state index in [-0.39, 0.29) is 5.82 Å². The summed E-state index contributed by atoms with van der Waals surface area (Å²) in [4.78, 5) is 9.34. The highest BCUT2D eigenvalue weighted by Gasteiger charge is 2.21. The Hall–Kier alpha value is -2.20. The second-order valence-electron chi connectivity index (χ2n) is 3.98. The van der Waals surface area contributed by atoms with E-state index in [9.17, 15) is 4.39 Å². The molecule has 0 spiro atoms. The van der Waals surface area contributed by atoms with Gasteiger partial charge in [-0.25, -0.2) is 4.39 Å². The summed E-state index contributed by atoms with van der Waals surface area (Å²) in [6, 6.07) is 10.3. The number of nitrogens with one attached hydrogen (secondary N) is 1. The van der Waals surface area contributed by atoms with Gasteiger partial charge in [0.2, 0.25) is 0 Å². The molecule has 1 unspecified atom stereocenters. The molecule has 1 N–H and O–H groups in total. The van der Waals surface area contributed by atoms with E-state index in [1.165, 1.54) is 6.07 Å². The molecule has 90 valence electrons. The van der Waals surface area contributed by atoms with Crippen LogP contribution < -0.4 is 5.48 Å². The minimum Gasteiger partial charge on any atom is -0.266 e. The maximum atomic E-state index is 13.6. The van der Waals surface area contributed by atoms with Crippen molar-refractivity contribution in [3.8, 4) is 0 Å². The largest absolute Gasteiger partial charge is 0.266 e. The lowest BCUT2D eigenvalue weighted by molar-refractivity contribution is 0.0491. The van der Waals surface area contributed by atoms with Gasteiger partial charge in [0.15, 0.2) is 0 Å². The fourth-order valence-corrected chi connectivity index (χ4v) is 1.89. The first-order valence-corrected chi connectivity index (χ1v) is 5.63. The van der Waals surface area contributed by atoms with E-state index in [1.807, 2.05) is 18.2 Å². The molecule has 0 amide bonds. The molecule has 1 aromatic carbocycles. The van der Waals surface area contributed by atoms with E-state index in [1.54, 1.807) is 30.6 Å². The van der Waals surface area contributed by atoms with E-state index >= 15 is 0 Å². The lowest BCUT2D eigenvalue weighted by Gasteiger charge is -2.08. The van der Waals surface area contributed by atoms with Crippen LogP contribution >= 0.6 is 0 Å². The molecule has 0 saturated heterocycles. The summed E-state index contributed by atoms with van der Waals surface area (Å²) in [7, 11) is 0. The van der Waals surface area contributed by atoms with Gasteiger partial charge in [0, 0.05) is 23.5 Å². The minimum atomic E-state index is -0.408. The highest BCUT2D eigenvalue weighted by molar-refractivity contribution is 5.64. The van der Waals surface area contributed by atoms with Gasteiger partial charge >= 0.3 is 0 Å². The van der Waals surface area contributed by atoms with Crippen LogP contribution in [0.4, 0.5) is 4.39 Å². The Balaban J connectivity index is 1.91. The maximum absolute atomic E-state index is 13.6. The van der Waals surface area contributed by atoms with Gasteiger partial charge in [-0.05, 0) is 24.3 Å². The molecule has 2 heterocycles. The molecule has 18 heavy (non-hydrogen) atoms. The Kier molecular flexibility index (Phi) is 2.78. The molecule has 0 saturated carbocycles. The first-order chi connectivity index (χ1) is 8.84. The molecule has 0 radical (unpaired) electrons. The van der Waals surface area contributed by atoms with Crippen molar-refractivity contribution in [3.63, 3.8) is 0 Å². The first-order valence-electron chi connectivity index (χ1n) is 5.63. The van der Waals surface area contributed by atoms with Gasteiger partial charge in [-0.1, -0.05) is 18.2 Å². The van der Waals surface area contributed by atoms with Crippen LogP contribution in [0.1, 0.15) is 17.2 Å². The molecule has 0 bridgehead atoms. The summed E-state index contributed by atoms with van der Waals surface area (Å²) in [6.45, 7) is 0. The number of hydroxylamine groups is 1. The van der Waals surface area contributed by atoms with Crippen molar-refractivity contribution in [1.82, 2.24) is 10.5 Å². The first kappa shape index (κ1) is 10.9. The molecule has 4 heteroatoms. The smallest absolute Gasteiger partial charge is 0.134 e. The molecule has 1 aromatic heterocycles. The van der Waals surface area contributed by atoms with Crippen LogP contribution in [0.5, 0.6) is 0 Å². The summed E-state index contributed by atoms with van der Waals surface area (Å²) < 4.78 is 13.6. The van der Waals surface area contributed by atoms with Crippen LogP contribution in [0, 0.1) is 5.82 Å². The predicted octanol–water partition coefficient (Wildman–Crippen LogP) is 2.84. The number of nitrogens with zero attached hydrogens (tertiary/aromatic N) is 1.